The molecule has 3 aromatic rings. The lowest BCUT2D eigenvalue weighted by Crippen LogP contribution is -2.21. The number of nitrogens with zero attached hydrogens (tertiary/aromatic N) is 1. The van der Waals surface area contributed by atoms with E-state index in [-0.39, 0.29) is 10.3 Å². The molecule has 124 valence electrons. The Morgan fingerprint density at radius 3 is 2.33 bits per heavy atom. The predicted octanol–water partition coefficient (Wildman–Crippen LogP) is 3.93. The fourth-order valence-electron chi connectivity index (χ4n) is 2.94. The van der Waals surface area contributed by atoms with Crippen molar-refractivity contribution >= 4 is 36.9 Å². The third kappa shape index (κ3) is 2.59. The molecule has 0 aliphatic rings. The SMILES string of the molecule is Cc1cc(Br)ccc1S(=O)(=O)n1c(C)cc(=O)c2cccc(C)c21. The van der Waals surface area contributed by atoms with Crippen molar-refractivity contribution in [3.8, 4) is 0 Å². The van der Waals surface area contributed by atoms with E-state index in [4.69, 9.17) is 0 Å². The molecule has 0 spiro atoms. The average Bonchev–Trinajstić information content (AvgIpc) is 2.47. The highest BCUT2D eigenvalue weighted by atomic mass is 79.9. The van der Waals surface area contributed by atoms with Gasteiger partial charge in [0.05, 0.1) is 10.4 Å². The molecule has 2 aromatic carbocycles. The van der Waals surface area contributed by atoms with Gasteiger partial charge in [0, 0.05) is 21.6 Å². The molecule has 3 rings (SSSR count). The minimum absolute atomic E-state index is 0.176. The van der Waals surface area contributed by atoms with Gasteiger partial charge in [-0.2, -0.15) is 0 Å². The summed E-state index contributed by atoms with van der Waals surface area (Å²) in [5.74, 6) is 0. The van der Waals surface area contributed by atoms with Crippen molar-refractivity contribution in [2.45, 2.75) is 25.7 Å². The third-order valence-corrected chi connectivity index (χ3v) is 6.48. The topological polar surface area (TPSA) is 56.1 Å². The molecule has 0 radical (unpaired) electrons. The Labute approximate surface area is 148 Å². The van der Waals surface area contributed by atoms with Gasteiger partial charge in [-0.1, -0.05) is 28.1 Å². The first kappa shape index (κ1) is 16.9. The third-order valence-electron chi connectivity index (χ3n) is 4.02. The van der Waals surface area contributed by atoms with Gasteiger partial charge in [-0.25, -0.2) is 12.4 Å². The molecule has 0 unspecified atom stereocenters. The van der Waals surface area contributed by atoms with Gasteiger partial charge in [0.1, 0.15) is 0 Å². The monoisotopic (exact) mass is 405 g/mol. The van der Waals surface area contributed by atoms with E-state index in [1.807, 2.05) is 13.0 Å². The molecule has 0 saturated carbocycles. The summed E-state index contributed by atoms with van der Waals surface area (Å²) in [5.41, 5.74) is 2.04. The first-order valence-corrected chi connectivity index (χ1v) is 9.60. The first-order valence-electron chi connectivity index (χ1n) is 7.37. The number of fused-ring (bicyclic) bond motifs is 1. The Balaban J connectivity index is 2.48. The normalized spacial score (nSPS) is 11.8. The molecule has 1 aromatic heterocycles. The molecule has 0 atom stereocenters. The minimum Gasteiger partial charge on any atom is -0.289 e. The van der Waals surface area contributed by atoms with E-state index in [9.17, 15) is 13.2 Å². The van der Waals surface area contributed by atoms with Crippen LogP contribution >= 0.6 is 15.9 Å². The summed E-state index contributed by atoms with van der Waals surface area (Å²) in [6.07, 6.45) is 0. The minimum atomic E-state index is -3.83. The van der Waals surface area contributed by atoms with Crippen LogP contribution in [0, 0.1) is 20.8 Å². The summed E-state index contributed by atoms with van der Waals surface area (Å²) in [7, 11) is -3.83. The standard InChI is InChI=1S/C18H16BrNO3S/c1-11-5-4-6-15-16(21)10-13(3)20(18(11)15)24(22,23)17-8-7-14(19)9-12(17)2/h4-10H,1-3H3. The van der Waals surface area contributed by atoms with Crippen LogP contribution in [-0.2, 0) is 10.0 Å². The zero-order valence-electron chi connectivity index (χ0n) is 13.5. The molecule has 0 fully saturated rings. The smallest absolute Gasteiger partial charge is 0.268 e. The summed E-state index contributed by atoms with van der Waals surface area (Å²) in [6, 6.07) is 11.6. The predicted molar refractivity (Wildman–Crippen MR) is 99.1 cm³/mol. The highest BCUT2D eigenvalue weighted by Gasteiger charge is 2.23. The van der Waals surface area contributed by atoms with Gasteiger partial charge in [0.2, 0.25) is 0 Å². The van der Waals surface area contributed by atoms with Crippen LogP contribution in [0.3, 0.4) is 0 Å². The number of aromatic nitrogens is 1. The average molecular weight is 406 g/mol. The summed E-state index contributed by atoms with van der Waals surface area (Å²) in [6.45, 7) is 5.20. The highest BCUT2D eigenvalue weighted by molar-refractivity contribution is 9.10. The highest BCUT2D eigenvalue weighted by Crippen LogP contribution is 2.27. The van der Waals surface area contributed by atoms with Gasteiger partial charge in [-0.15, -0.1) is 0 Å². The molecular weight excluding hydrogens is 390 g/mol. The number of rotatable bonds is 2. The number of pyridine rings is 1. The number of hydrogen-bond acceptors (Lipinski definition) is 3. The molecule has 0 amide bonds. The number of halogens is 1. The van der Waals surface area contributed by atoms with E-state index in [0.717, 1.165) is 10.0 Å². The zero-order valence-corrected chi connectivity index (χ0v) is 15.9. The van der Waals surface area contributed by atoms with Gasteiger partial charge >= 0.3 is 0 Å². The summed E-state index contributed by atoms with van der Waals surface area (Å²) >= 11 is 3.35. The van der Waals surface area contributed by atoms with Crippen LogP contribution in [0.4, 0.5) is 0 Å². The van der Waals surface area contributed by atoms with Crippen molar-refractivity contribution in [3.05, 3.63) is 74.0 Å². The van der Waals surface area contributed by atoms with Crippen LogP contribution < -0.4 is 5.43 Å². The maximum Gasteiger partial charge on any atom is 0.268 e. The molecule has 0 saturated heterocycles. The Hall–Kier alpha value is -1.92. The molecule has 0 aliphatic carbocycles. The first-order chi connectivity index (χ1) is 11.2. The van der Waals surface area contributed by atoms with Gasteiger partial charge in [0.15, 0.2) is 5.43 Å². The van der Waals surface area contributed by atoms with Crippen LogP contribution in [0.5, 0.6) is 0 Å². The molecule has 0 aliphatic heterocycles. The second kappa shape index (κ2) is 5.86. The van der Waals surface area contributed by atoms with E-state index >= 15 is 0 Å². The van der Waals surface area contributed by atoms with Crippen LogP contribution in [0.1, 0.15) is 16.8 Å². The van der Waals surface area contributed by atoms with Crippen molar-refractivity contribution in [2.75, 3.05) is 0 Å². The van der Waals surface area contributed by atoms with Crippen LogP contribution in [0.2, 0.25) is 0 Å². The lowest BCUT2D eigenvalue weighted by Gasteiger charge is -2.18. The van der Waals surface area contributed by atoms with Gasteiger partial charge in [-0.05, 0) is 56.2 Å². The van der Waals surface area contributed by atoms with Gasteiger partial charge in [-0.3, -0.25) is 4.79 Å². The van der Waals surface area contributed by atoms with E-state index in [2.05, 4.69) is 15.9 Å². The Bertz CT molecular complexity index is 1130. The number of benzene rings is 2. The molecule has 4 nitrogen and oxygen atoms in total. The van der Waals surface area contributed by atoms with Crippen LogP contribution in [0.15, 0.2) is 56.6 Å². The van der Waals surface area contributed by atoms with Crippen LogP contribution in [-0.4, -0.2) is 12.4 Å². The quantitative estimate of drug-likeness (QED) is 0.648. The maximum atomic E-state index is 13.3. The Morgan fingerprint density at radius 2 is 1.67 bits per heavy atom. The summed E-state index contributed by atoms with van der Waals surface area (Å²) in [5, 5.41) is 0.402. The second-order valence-electron chi connectivity index (χ2n) is 5.80. The fraction of sp³-hybridized carbons (Fsp3) is 0.167. The fourth-order valence-corrected chi connectivity index (χ4v) is 5.23. The van der Waals surface area contributed by atoms with E-state index in [0.29, 0.717) is 22.2 Å². The molecule has 0 bridgehead atoms. The summed E-state index contributed by atoms with van der Waals surface area (Å²) < 4.78 is 28.7. The second-order valence-corrected chi connectivity index (χ2v) is 8.47. The molecule has 24 heavy (non-hydrogen) atoms. The molecule has 6 heteroatoms. The molecule has 0 N–H and O–H groups in total. The lowest BCUT2D eigenvalue weighted by atomic mass is 10.1. The van der Waals surface area contributed by atoms with Crippen LogP contribution in [0.25, 0.3) is 10.9 Å². The largest absolute Gasteiger partial charge is 0.289 e. The maximum absolute atomic E-state index is 13.3. The van der Waals surface area contributed by atoms with Crippen molar-refractivity contribution < 1.29 is 8.42 Å². The van der Waals surface area contributed by atoms with Gasteiger partial charge in [0.25, 0.3) is 10.0 Å². The molecule has 1 heterocycles. The summed E-state index contributed by atoms with van der Waals surface area (Å²) in [4.78, 5) is 12.5. The Kier molecular flexibility index (Phi) is 4.13. The number of hydrogen-bond donors (Lipinski definition) is 0. The van der Waals surface area contributed by atoms with Crippen molar-refractivity contribution in [3.63, 3.8) is 0 Å². The number of para-hydroxylation sites is 1. The van der Waals surface area contributed by atoms with Gasteiger partial charge < -0.3 is 0 Å². The van der Waals surface area contributed by atoms with Crippen molar-refractivity contribution in [2.24, 2.45) is 0 Å². The van der Waals surface area contributed by atoms with E-state index in [1.165, 1.54) is 10.0 Å². The lowest BCUT2D eigenvalue weighted by molar-refractivity contribution is 0.587. The van der Waals surface area contributed by atoms with E-state index < -0.39 is 10.0 Å². The zero-order chi connectivity index (χ0) is 17.6. The van der Waals surface area contributed by atoms with E-state index in [1.54, 1.807) is 44.2 Å². The molecular formula is C18H16BrNO3S. The van der Waals surface area contributed by atoms with Crippen molar-refractivity contribution in [1.29, 1.82) is 0 Å². The Morgan fingerprint density at radius 1 is 0.958 bits per heavy atom. The van der Waals surface area contributed by atoms with Crippen molar-refractivity contribution in [1.82, 2.24) is 3.97 Å². The number of aryl methyl sites for hydroxylation is 3.